The smallest absolute Gasteiger partial charge is 0.497 e. The number of carboxylic acids is 1. The summed E-state index contributed by atoms with van der Waals surface area (Å²) in [6.45, 7) is -0.0686. The van der Waals surface area contributed by atoms with Crippen molar-refractivity contribution in [2.45, 2.75) is 13.2 Å². The number of carbonyl (C=O) groups is 2. The van der Waals surface area contributed by atoms with E-state index < -0.39 is 18.7 Å². The summed E-state index contributed by atoms with van der Waals surface area (Å²) in [5.74, 6) is 0.0235. The SMILES string of the molecule is COc1ccc(-c2c(OC(=O)O)n(Cc3ccc4nsnc4c3)c3cc(OCc4ccccc4)ccc23)c(OCC(=O)O)c1. The molecule has 0 spiro atoms. The van der Waals surface area contributed by atoms with Crippen LogP contribution in [-0.2, 0) is 17.9 Å². The normalized spacial score (nSPS) is 11.0. The molecule has 0 fully saturated rings. The molecule has 11 nitrogen and oxygen atoms in total. The molecule has 0 amide bonds. The molecule has 0 aliphatic rings. The number of hydrogen-bond donors (Lipinski definition) is 2. The molecule has 2 aromatic heterocycles. The molecular weight excluding hydrogens is 586 g/mol. The third-order valence-corrected chi connectivity index (χ3v) is 7.45. The molecule has 2 heterocycles. The third kappa shape index (κ3) is 5.96. The number of methoxy groups -OCH3 is 1. The number of hydrogen-bond acceptors (Lipinski definition) is 9. The Balaban J connectivity index is 1.54. The number of rotatable bonds is 11. The van der Waals surface area contributed by atoms with Crippen molar-refractivity contribution >= 4 is 45.8 Å². The van der Waals surface area contributed by atoms with Crippen molar-refractivity contribution in [2.75, 3.05) is 13.7 Å². The largest absolute Gasteiger partial charge is 0.512 e. The van der Waals surface area contributed by atoms with Gasteiger partial charge < -0.3 is 33.7 Å². The van der Waals surface area contributed by atoms with E-state index in [4.69, 9.17) is 18.9 Å². The van der Waals surface area contributed by atoms with Gasteiger partial charge in [0.05, 0.1) is 36.5 Å². The Morgan fingerprint density at radius 3 is 2.41 bits per heavy atom. The molecule has 44 heavy (non-hydrogen) atoms. The molecule has 4 aromatic carbocycles. The monoisotopic (exact) mass is 611 g/mol. The second-order valence-electron chi connectivity index (χ2n) is 9.72. The van der Waals surface area contributed by atoms with Crippen LogP contribution < -0.4 is 18.9 Å². The average molecular weight is 612 g/mol. The summed E-state index contributed by atoms with van der Waals surface area (Å²) in [7, 11) is 1.48. The summed E-state index contributed by atoms with van der Waals surface area (Å²) >= 11 is 1.11. The molecule has 6 aromatic rings. The molecule has 222 valence electrons. The molecule has 2 N–H and O–H groups in total. The van der Waals surface area contributed by atoms with E-state index in [1.165, 1.54) is 7.11 Å². The fourth-order valence-electron chi connectivity index (χ4n) is 4.95. The zero-order valence-corrected chi connectivity index (χ0v) is 24.1. The predicted molar refractivity (Wildman–Crippen MR) is 163 cm³/mol. The predicted octanol–water partition coefficient (Wildman–Crippen LogP) is 6.47. The van der Waals surface area contributed by atoms with Crippen LogP contribution >= 0.6 is 11.7 Å². The van der Waals surface area contributed by atoms with Crippen LogP contribution in [0.1, 0.15) is 11.1 Å². The molecular formula is C32H25N3O8S. The molecule has 0 aliphatic heterocycles. The first-order chi connectivity index (χ1) is 21.4. The highest BCUT2D eigenvalue weighted by molar-refractivity contribution is 7.00. The first kappa shape index (κ1) is 28.5. The molecule has 0 unspecified atom stereocenters. The maximum atomic E-state index is 12.1. The lowest BCUT2D eigenvalue weighted by atomic mass is 10.0. The standard InChI is InChI=1S/C32H25N3O8S/c1-40-21-8-11-24(28(15-21)42-18-29(36)37)30-23-10-9-22(41-17-19-5-3-2-4-6-19)14-27(23)35(31(30)43-32(38)39)16-20-7-12-25-26(13-20)34-44-33-25/h2-15H,16-18H2,1H3,(H,36,37)(H,38,39). The summed E-state index contributed by atoms with van der Waals surface area (Å²) in [5, 5.41) is 19.8. The summed E-state index contributed by atoms with van der Waals surface area (Å²) in [5.41, 5.74) is 4.74. The van der Waals surface area contributed by atoms with Crippen LogP contribution in [0.5, 0.6) is 23.1 Å². The third-order valence-electron chi connectivity index (χ3n) is 6.89. The van der Waals surface area contributed by atoms with Crippen molar-refractivity contribution in [3.63, 3.8) is 0 Å². The van der Waals surface area contributed by atoms with E-state index in [2.05, 4.69) is 8.75 Å². The molecule has 0 saturated heterocycles. The lowest BCUT2D eigenvalue weighted by Crippen LogP contribution is -2.11. The van der Waals surface area contributed by atoms with Gasteiger partial charge in [-0.3, -0.25) is 0 Å². The number of nitrogens with zero attached hydrogens (tertiary/aromatic N) is 3. The molecule has 0 bridgehead atoms. The summed E-state index contributed by atoms with van der Waals surface area (Å²) < 4.78 is 32.9. The maximum absolute atomic E-state index is 12.1. The van der Waals surface area contributed by atoms with Crippen LogP contribution in [0, 0.1) is 0 Å². The van der Waals surface area contributed by atoms with Crippen LogP contribution in [0.25, 0.3) is 33.1 Å². The van der Waals surface area contributed by atoms with Crippen LogP contribution in [0.3, 0.4) is 0 Å². The van der Waals surface area contributed by atoms with Crippen molar-refractivity contribution in [1.29, 1.82) is 0 Å². The van der Waals surface area contributed by atoms with Gasteiger partial charge in [-0.25, -0.2) is 9.59 Å². The molecule has 12 heteroatoms. The van der Waals surface area contributed by atoms with Gasteiger partial charge in [0.2, 0.25) is 5.88 Å². The van der Waals surface area contributed by atoms with E-state index in [1.54, 1.807) is 28.8 Å². The fourth-order valence-corrected chi connectivity index (χ4v) is 5.46. The number of ether oxygens (including phenoxy) is 4. The highest BCUT2D eigenvalue weighted by Crippen LogP contribution is 2.46. The maximum Gasteiger partial charge on any atom is 0.512 e. The van der Waals surface area contributed by atoms with Gasteiger partial charge in [0.1, 0.15) is 34.9 Å². The van der Waals surface area contributed by atoms with Crippen molar-refractivity contribution in [1.82, 2.24) is 13.3 Å². The number of benzene rings is 4. The molecule has 0 aliphatic carbocycles. The van der Waals surface area contributed by atoms with Gasteiger partial charge in [-0.15, -0.1) is 0 Å². The van der Waals surface area contributed by atoms with Gasteiger partial charge in [-0.2, -0.15) is 8.75 Å². The Morgan fingerprint density at radius 1 is 0.841 bits per heavy atom. The quantitative estimate of drug-likeness (QED) is 0.157. The molecule has 0 atom stereocenters. The number of aromatic nitrogens is 3. The first-order valence-corrected chi connectivity index (χ1v) is 14.1. The van der Waals surface area contributed by atoms with Crippen molar-refractivity contribution < 1.29 is 38.7 Å². The minimum Gasteiger partial charge on any atom is -0.497 e. The number of fused-ring (bicyclic) bond motifs is 2. The van der Waals surface area contributed by atoms with Gasteiger partial charge in [0, 0.05) is 23.1 Å². The Kier molecular flexibility index (Phi) is 7.98. The van der Waals surface area contributed by atoms with E-state index in [-0.39, 0.29) is 18.2 Å². The van der Waals surface area contributed by atoms with Crippen molar-refractivity contribution in [2.24, 2.45) is 0 Å². The lowest BCUT2D eigenvalue weighted by Gasteiger charge is -2.14. The second-order valence-corrected chi connectivity index (χ2v) is 10.2. The topological polar surface area (TPSA) is 142 Å². The van der Waals surface area contributed by atoms with Crippen molar-refractivity contribution in [3.8, 4) is 34.3 Å². The lowest BCUT2D eigenvalue weighted by molar-refractivity contribution is -0.139. The van der Waals surface area contributed by atoms with E-state index in [0.717, 1.165) is 33.9 Å². The fraction of sp³-hybridized carbons (Fsp3) is 0.125. The van der Waals surface area contributed by atoms with Gasteiger partial charge in [0.25, 0.3) is 0 Å². The van der Waals surface area contributed by atoms with Crippen LogP contribution in [0.4, 0.5) is 4.79 Å². The first-order valence-electron chi connectivity index (χ1n) is 13.4. The van der Waals surface area contributed by atoms with E-state index in [9.17, 15) is 19.8 Å². The van der Waals surface area contributed by atoms with Crippen molar-refractivity contribution in [3.05, 3.63) is 96.1 Å². The minimum atomic E-state index is -1.52. The Hall–Kier alpha value is -5.62. The van der Waals surface area contributed by atoms with Crippen LogP contribution in [-0.4, -0.2) is 49.4 Å². The Morgan fingerprint density at radius 2 is 1.64 bits per heavy atom. The van der Waals surface area contributed by atoms with Gasteiger partial charge in [-0.05, 0) is 47.5 Å². The second kappa shape index (κ2) is 12.3. The van der Waals surface area contributed by atoms with E-state index in [1.807, 2.05) is 60.7 Å². The van der Waals surface area contributed by atoms with E-state index in [0.29, 0.717) is 40.1 Å². The summed E-state index contributed by atoms with van der Waals surface area (Å²) in [4.78, 5) is 23.5. The average Bonchev–Trinajstić information content (AvgIpc) is 3.61. The molecule has 0 radical (unpaired) electrons. The molecule has 6 rings (SSSR count). The summed E-state index contributed by atoms with van der Waals surface area (Å²) in [6, 6.07) is 25.7. The zero-order chi connectivity index (χ0) is 30.6. The van der Waals surface area contributed by atoms with Gasteiger partial charge in [0.15, 0.2) is 6.61 Å². The van der Waals surface area contributed by atoms with Crippen LogP contribution in [0.2, 0.25) is 0 Å². The minimum absolute atomic E-state index is 0.0227. The number of carboxylic acid groups (broad SMARTS) is 2. The number of aliphatic carboxylic acids is 1. The zero-order valence-electron chi connectivity index (χ0n) is 23.3. The van der Waals surface area contributed by atoms with Gasteiger partial charge >= 0.3 is 12.1 Å². The van der Waals surface area contributed by atoms with E-state index >= 15 is 0 Å². The molecule has 0 saturated carbocycles. The Labute approximate surface area is 254 Å². The highest BCUT2D eigenvalue weighted by atomic mass is 32.1. The summed E-state index contributed by atoms with van der Waals surface area (Å²) in [6.07, 6.45) is -1.52. The van der Waals surface area contributed by atoms with Gasteiger partial charge in [-0.1, -0.05) is 36.4 Å². The van der Waals surface area contributed by atoms with Crippen LogP contribution in [0.15, 0.2) is 84.9 Å². The Bertz CT molecular complexity index is 1990. The highest BCUT2D eigenvalue weighted by Gasteiger charge is 2.26.